The standard InChI is InChI=1S/C14H22N2O/c1-10-5-4-8-16(12(10)3)14-7-6-13(9-17)11(2)15-14/h6-7,10,12,17H,4-5,8-9H2,1-3H3. The molecule has 17 heavy (non-hydrogen) atoms. The number of anilines is 1. The first-order valence-corrected chi connectivity index (χ1v) is 6.47. The predicted octanol–water partition coefficient (Wildman–Crippen LogP) is 2.51. The highest BCUT2D eigenvalue weighted by atomic mass is 16.3. The van der Waals surface area contributed by atoms with E-state index in [-0.39, 0.29) is 6.61 Å². The van der Waals surface area contributed by atoms with Gasteiger partial charge in [-0.15, -0.1) is 0 Å². The van der Waals surface area contributed by atoms with Gasteiger partial charge in [0.1, 0.15) is 5.82 Å². The van der Waals surface area contributed by atoms with E-state index in [4.69, 9.17) is 5.11 Å². The molecule has 0 bridgehead atoms. The Balaban J connectivity index is 2.24. The second-order valence-electron chi connectivity index (χ2n) is 5.13. The quantitative estimate of drug-likeness (QED) is 0.854. The number of aryl methyl sites for hydroxylation is 1. The fraction of sp³-hybridized carbons (Fsp3) is 0.643. The van der Waals surface area contributed by atoms with Crippen molar-refractivity contribution in [1.82, 2.24) is 4.98 Å². The fourth-order valence-electron chi connectivity index (χ4n) is 2.56. The van der Waals surface area contributed by atoms with Gasteiger partial charge in [0.2, 0.25) is 0 Å². The summed E-state index contributed by atoms with van der Waals surface area (Å²) in [5.41, 5.74) is 1.86. The third kappa shape index (κ3) is 2.44. The molecule has 3 heteroatoms. The van der Waals surface area contributed by atoms with E-state index in [0.717, 1.165) is 29.5 Å². The highest BCUT2D eigenvalue weighted by Crippen LogP contribution is 2.27. The van der Waals surface area contributed by atoms with Gasteiger partial charge < -0.3 is 10.0 Å². The molecule has 1 aromatic rings. The number of rotatable bonds is 2. The first-order chi connectivity index (χ1) is 8.13. The van der Waals surface area contributed by atoms with Crippen LogP contribution in [0.4, 0.5) is 5.82 Å². The Kier molecular flexibility index (Phi) is 3.67. The molecule has 0 radical (unpaired) electrons. The second kappa shape index (κ2) is 5.05. The van der Waals surface area contributed by atoms with Crippen molar-refractivity contribution in [3.8, 4) is 0 Å². The van der Waals surface area contributed by atoms with Gasteiger partial charge in [0.05, 0.1) is 6.61 Å². The molecule has 0 aliphatic carbocycles. The molecule has 1 saturated heterocycles. The van der Waals surface area contributed by atoms with E-state index in [0.29, 0.717) is 6.04 Å². The molecule has 94 valence electrons. The Bertz CT molecular complexity index is 392. The lowest BCUT2D eigenvalue weighted by Crippen LogP contribution is -2.43. The van der Waals surface area contributed by atoms with Crippen LogP contribution in [-0.4, -0.2) is 22.7 Å². The Morgan fingerprint density at radius 1 is 1.41 bits per heavy atom. The van der Waals surface area contributed by atoms with Gasteiger partial charge in [-0.05, 0) is 44.2 Å². The van der Waals surface area contributed by atoms with Crippen LogP contribution < -0.4 is 4.90 Å². The van der Waals surface area contributed by atoms with E-state index in [9.17, 15) is 0 Å². The molecule has 1 aromatic heterocycles. The summed E-state index contributed by atoms with van der Waals surface area (Å²) >= 11 is 0. The van der Waals surface area contributed by atoms with Gasteiger partial charge >= 0.3 is 0 Å². The zero-order valence-electron chi connectivity index (χ0n) is 11.0. The van der Waals surface area contributed by atoms with E-state index in [2.05, 4.69) is 23.7 Å². The summed E-state index contributed by atoms with van der Waals surface area (Å²) in [5.74, 6) is 1.78. The second-order valence-corrected chi connectivity index (χ2v) is 5.13. The Labute approximate surface area is 103 Å². The molecule has 0 aromatic carbocycles. The molecule has 1 aliphatic heterocycles. The van der Waals surface area contributed by atoms with Gasteiger partial charge in [-0.3, -0.25) is 0 Å². The van der Waals surface area contributed by atoms with Crippen molar-refractivity contribution in [2.45, 2.75) is 46.3 Å². The molecule has 0 saturated carbocycles. The van der Waals surface area contributed by atoms with Crippen molar-refractivity contribution in [2.75, 3.05) is 11.4 Å². The summed E-state index contributed by atoms with van der Waals surface area (Å²) in [6.07, 6.45) is 2.55. The molecule has 1 N–H and O–H groups in total. The fourth-order valence-corrected chi connectivity index (χ4v) is 2.56. The number of aliphatic hydroxyl groups excluding tert-OH is 1. The number of aromatic nitrogens is 1. The highest BCUT2D eigenvalue weighted by Gasteiger charge is 2.25. The molecular formula is C14H22N2O. The van der Waals surface area contributed by atoms with Gasteiger partial charge in [0.25, 0.3) is 0 Å². The highest BCUT2D eigenvalue weighted by molar-refractivity contribution is 5.43. The lowest BCUT2D eigenvalue weighted by Gasteiger charge is -2.39. The Hall–Kier alpha value is -1.09. The van der Waals surface area contributed by atoms with Crippen LogP contribution in [0, 0.1) is 12.8 Å². The van der Waals surface area contributed by atoms with E-state index >= 15 is 0 Å². The number of nitrogens with zero attached hydrogens (tertiary/aromatic N) is 2. The third-order valence-electron chi connectivity index (χ3n) is 4.02. The van der Waals surface area contributed by atoms with Gasteiger partial charge in [0, 0.05) is 18.3 Å². The number of piperidine rings is 1. The monoisotopic (exact) mass is 234 g/mol. The minimum atomic E-state index is 0.0745. The van der Waals surface area contributed by atoms with Crippen molar-refractivity contribution in [3.05, 3.63) is 23.4 Å². The van der Waals surface area contributed by atoms with E-state index in [1.165, 1.54) is 12.8 Å². The molecular weight excluding hydrogens is 212 g/mol. The molecule has 2 unspecified atom stereocenters. The summed E-state index contributed by atoms with van der Waals surface area (Å²) in [5, 5.41) is 9.16. The lowest BCUT2D eigenvalue weighted by molar-refractivity contribution is 0.280. The average molecular weight is 234 g/mol. The molecule has 2 rings (SSSR count). The Morgan fingerprint density at radius 3 is 2.82 bits per heavy atom. The molecule has 1 aliphatic rings. The summed E-state index contributed by atoms with van der Waals surface area (Å²) < 4.78 is 0. The summed E-state index contributed by atoms with van der Waals surface area (Å²) in [7, 11) is 0. The normalized spacial score (nSPS) is 25.1. The molecule has 2 heterocycles. The number of pyridine rings is 1. The maximum absolute atomic E-state index is 9.16. The van der Waals surface area contributed by atoms with Crippen LogP contribution in [0.15, 0.2) is 12.1 Å². The van der Waals surface area contributed by atoms with Crippen LogP contribution in [0.5, 0.6) is 0 Å². The maximum Gasteiger partial charge on any atom is 0.129 e. The lowest BCUT2D eigenvalue weighted by atomic mass is 9.92. The summed E-state index contributed by atoms with van der Waals surface area (Å²) in [6, 6.07) is 4.58. The van der Waals surface area contributed by atoms with Crippen molar-refractivity contribution in [3.63, 3.8) is 0 Å². The Morgan fingerprint density at radius 2 is 2.18 bits per heavy atom. The van der Waals surface area contributed by atoms with Crippen LogP contribution in [0.2, 0.25) is 0 Å². The van der Waals surface area contributed by atoms with Crippen LogP contribution in [0.3, 0.4) is 0 Å². The van der Waals surface area contributed by atoms with Crippen molar-refractivity contribution < 1.29 is 5.11 Å². The average Bonchev–Trinajstić information content (AvgIpc) is 2.32. The van der Waals surface area contributed by atoms with Gasteiger partial charge in [0.15, 0.2) is 0 Å². The molecule has 0 amide bonds. The largest absolute Gasteiger partial charge is 0.392 e. The van der Waals surface area contributed by atoms with Crippen molar-refractivity contribution in [1.29, 1.82) is 0 Å². The van der Waals surface area contributed by atoms with E-state index in [1.54, 1.807) is 0 Å². The molecule has 2 atom stereocenters. The molecule has 1 fully saturated rings. The van der Waals surface area contributed by atoms with Gasteiger partial charge in [-0.2, -0.15) is 0 Å². The number of aliphatic hydroxyl groups is 1. The van der Waals surface area contributed by atoms with Crippen LogP contribution in [0.25, 0.3) is 0 Å². The topological polar surface area (TPSA) is 36.4 Å². The maximum atomic E-state index is 9.16. The van der Waals surface area contributed by atoms with Crippen LogP contribution in [0.1, 0.15) is 37.9 Å². The van der Waals surface area contributed by atoms with Crippen LogP contribution >= 0.6 is 0 Å². The minimum absolute atomic E-state index is 0.0745. The third-order valence-corrected chi connectivity index (χ3v) is 4.02. The number of hydrogen-bond donors (Lipinski definition) is 1. The predicted molar refractivity (Wildman–Crippen MR) is 70.1 cm³/mol. The number of hydrogen-bond acceptors (Lipinski definition) is 3. The van der Waals surface area contributed by atoms with Crippen molar-refractivity contribution in [2.24, 2.45) is 5.92 Å². The smallest absolute Gasteiger partial charge is 0.129 e. The zero-order chi connectivity index (χ0) is 12.4. The molecule has 0 spiro atoms. The molecule has 3 nitrogen and oxygen atoms in total. The first kappa shape index (κ1) is 12.4. The summed E-state index contributed by atoms with van der Waals surface area (Å²) in [6.45, 7) is 7.72. The van der Waals surface area contributed by atoms with Gasteiger partial charge in [-0.1, -0.05) is 13.0 Å². The van der Waals surface area contributed by atoms with Crippen molar-refractivity contribution >= 4 is 5.82 Å². The van der Waals surface area contributed by atoms with Crippen LogP contribution in [-0.2, 0) is 6.61 Å². The summed E-state index contributed by atoms with van der Waals surface area (Å²) in [4.78, 5) is 7.01. The van der Waals surface area contributed by atoms with Gasteiger partial charge in [-0.25, -0.2) is 4.98 Å². The van der Waals surface area contributed by atoms with E-state index in [1.807, 2.05) is 19.1 Å². The van der Waals surface area contributed by atoms with E-state index < -0.39 is 0 Å². The SMILES string of the molecule is Cc1nc(N2CCCC(C)C2C)ccc1CO. The minimum Gasteiger partial charge on any atom is -0.392 e. The zero-order valence-corrected chi connectivity index (χ0v) is 11.0. The first-order valence-electron chi connectivity index (χ1n) is 6.47.